The van der Waals surface area contributed by atoms with Gasteiger partial charge < -0.3 is 5.11 Å². The molecule has 1 aliphatic rings. The summed E-state index contributed by atoms with van der Waals surface area (Å²) in [5.74, 6) is -0.513. The number of aliphatic carboxylic acids is 1. The highest BCUT2D eigenvalue weighted by atomic mass is 16.4. The lowest BCUT2D eigenvalue weighted by Crippen LogP contribution is -2.15. The van der Waals surface area contributed by atoms with E-state index in [0.717, 1.165) is 5.69 Å². The highest BCUT2D eigenvalue weighted by Gasteiger charge is 2.23. The summed E-state index contributed by atoms with van der Waals surface area (Å²) in [6.45, 7) is 1.75. The van der Waals surface area contributed by atoms with E-state index in [2.05, 4.69) is 11.3 Å². The first-order valence-electron chi connectivity index (χ1n) is 6.83. The summed E-state index contributed by atoms with van der Waals surface area (Å²) in [6, 6.07) is 0. The fourth-order valence-electron chi connectivity index (χ4n) is 2.84. The Morgan fingerprint density at radius 3 is 2.78 bits per heavy atom. The molecule has 100 valence electrons. The standard InChI is InChI=1S/C14H22N2O2/c1-10(14(17)18)8-13-12(9-16(2)15-13)11-6-4-3-5-7-11/h9-11H,3-8H2,1-2H3,(H,17,18). The van der Waals surface area contributed by atoms with Crippen LogP contribution >= 0.6 is 0 Å². The third kappa shape index (κ3) is 2.92. The van der Waals surface area contributed by atoms with E-state index in [1.54, 1.807) is 6.92 Å². The first-order valence-corrected chi connectivity index (χ1v) is 6.83. The topological polar surface area (TPSA) is 55.1 Å². The summed E-state index contributed by atoms with van der Waals surface area (Å²) < 4.78 is 1.83. The molecule has 0 aliphatic heterocycles. The molecule has 0 spiro atoms. The number of carboxylic acid groups (broad SMARTS) is 1. The molecular weight excluding hydrogens is 228 g/mol. The second-order valence-electron chi connectivity index (χ2n) is 5.48. The van der Waals surface area contributed by atoms with Gasteiger partial charge >= 0.3 is 5.97 Å². The second kappa shape index (κ2) is 5.55. The lowest BCUT2D eigenvalue weighted by atomic mass is 9.83. The van der Waals surface area contributed by atoms with Crippen LogP contribution in [0.5, 0.6) is 0 Å². The Morgan fingerprint density at radius 2 is 2.17 bits per heavy atom. The van der Waals surface area contributed by atoms with E-state index in [1.807, 2.05) is 11.7 Å². The molecule has 1 saturated carbocycles. The fourth-order valence-corrected chi connectivity index (χ4v) is 2.84. The normalized spacial score (nSPS) is 18.8. The number of carbonyl (C=O) groups is 1. The van der Waals surface area contributed by atoms with Crippen LogP contribution in [0.1, 0.15) is 56.2 Å². The molecule has 0 amide bonds. The van der Waals surface area contributed by atoms with Crippen molar-refractivity contribution in [3.63, 3.8) is 0 Å². The molecule has 1 aromatic rings. The van der Waals surface area contributed by atoms with Gasteiger partial charge in [0, 0.05) is 19.7 Å². The van der Waals surface area contributed by atoms with Gasteiger partial charge in [-0.1, -0.05) is 26.2 Å². The van der Waals surface area contributed by atoms with E-state index in [1.165, 1.54) is 37.7 Å². The van der Waals surface area contributed by atoms with Crippen molar-refractivity contribution < 1.29 is 9.90 Å². The van der Waals surface area contributed by atoms with Gasteiger partial charge in [0.15, 0.2) is 0 Å². The second-order valence-corrected chi connectivity index (χ2v) is 5.48. The molecule has 0 bridgehead atoms. The summed E-state index contributed by atoms with van der Waals surface area (Å²) in [5, 5.41) is 13.5. The molecule has 1 fully saturated rings. The smallest absolute Gasteiger partial charge is 0.306 e. The number of hydrogen-bond donors (Lipinski definition) is 1. The van der Waals surface area contributed by atoms with E-state index >= 15 is 0 Å². The number of nitrogens with zero attached hydrogens (tertiary/aromatic N) is 2. The van der Waals surface area contributed by atoms with E-state index in [0.29, 0.717) is 12.3 Å². The van der Waals surface area contributed by atoms with Crippen molar-refractivity contribution >= 4 is 5.97 Å². The Kier molecular flexibility index (Phi) is 4.04. The molecule has 4 nitrogen and oxygen atoms in total. The largest absolute Gasteiger partial charge is 0.481 e. The molecule has 0 saturated heterocycles. The summed E-state index contributed by atoms with van der Waals surface area (Å²) >= 11 is 0. The molecule has 1 aliphatic carbocycles. The van der Waals surface area contributed by atoms with Gasteiger partial charge in [-0.25, -0.2) is 0 Å². The average molecular weight is 250 g/mol. The van der Waals surface area contributed by atoms with E-state index in [-0.39, 0.29) is 5.92 Å². The molecule has 2 rings (SSSR count). The molecule has 1 atom stereocenters. The quantitative estimate of drug-likeness (QED) is 0.894. The van der Waals surface area contributed by atoms with Gasteiger partial charge in [-0.3, -0.25) is 9.48 Å². The van der Waals surface area contributed by atoms with Crippen LogP contribution in [0.2, 0.25) is 0 Å². The van der Waals surface area contributed by atoms with Crippen molar-refractivity contribution in [3.8, 4) is 0 Å². The Bertz CT molecular complexity index is 419. The van der Waals surface area contributed by atoms with Gasteiger partial charge in [0.2, 0.25) is 0 Å². The van der Waals surface area contributed by atoms with Crippen LogP contribution in [0.25, 0.3) is 0 Å². The van der Waals surface area contributed by atoms with Crippen molar-refractivity contribution in [3.05, 3.63) is 17.5 Å². The van der Waals surface area contributed by atoms with Gasteiger partial charge in [0.1, 0.15) is 0 Å². The first kappa shape index (κ1) is 13.1. The van der Waals surface area contributed by atoms with Gasteiger partial charge in [-0.05, 0) is 24.3 Å². The van der Waals surface area contributed by atoms with Crippen LogP contribution in [0.3, 0.4) is 0 Å². The Hall–Kier alpha value is -1.32. The molecule has 1 heterocycles. The lowest BCUT2D eigenvalue weighted by Gasteiger charge is -2.21. The highest BCUT2D eigenvalue weighted by Crippen LogP contribution is 2.34. The molecule has 0 aromatic carbocycles. The average Bonchev–Trinajstić information content (AvgIpc) is 2.71. The monoisotopic (exact) mass is 250 g/mol. The zero-order valence-electron chi connectivity index (χ0n) is 11.2. The molecular formula is C14H22N2O2. The van der Waals surface area contributed by atoms with Crippen LogP contribution in [0, 0.1) is 5.92 Å². The number of hydrogen-bond acceptors (Lipinski definition) is 2. The van der Waals surface area contributed by atoms with E-state index in [9.17, 15) is 4.79 Å². The molecule has 0 radical (unpaired) electrons. The Balaban J connectivity index is 2.16. The third-order valence-corrected chi connectivity index (χ3v) is 3.90. The number of aromatic nitrogens is 2. The number of rotatable bonds is 4. The highest BCUT2D eigenvalue weighted by molar-refractivity contribution is 5.69. The van der Waals surface area contributed by atoms with Crippen molar-refractivity contribution in [1.29, 1.82) is 0 Å². The van der Waals surface area contributed by atoms with Crippen LogP contribution in [-0.2, 0) is 18.3 Å². The zero-order valence-corrected chi connectivity index (χ0v) is 11.2. The van der Waals surface area contributed by atoms with Gasteiger partial charge in [0.05, 0.1) is 11.6 Å². The predicted octanol–water partition coefficient (Wildman–Crippen LogP) is 2.73. The maximum Gasteiger partial charge on any atom is 0.306 e. The van der Waals surface area contributed by atoms with Crippen LogP contribution in [0.15, 0.2) is 6.20 Å². The Labute approximate surface area is 108 Å². The van der Waals surface area contributed by atoms with Gasteiger partial charge in [-0.15, -0.1) is 0 Å². The molecule has 18 heavy (non-hydrogen) atoms. The third-order valence-electron chi connectivity index (χ3n) is 3.90. The molecule has 4 heteroatoms. The van der Waals surface area contributed by atoms with Crippen molar-refractivity contribution in [1.82, 2.24) is 9.78 Å². The SMILES string of the molecule is CC(Cc1nn(C)cc1C1CCCCC1)C(=O)O. The molecule has 1 N–H and O–H groups in total. The number of carboxylic acids is 1. The van der Waals surface area contributed by atoms with Crippen molar-refractivity contribution in [2.75, 3.05) is 0 Å². The predicted molar refractivity (Wildman–Crippen MR) is 69.5 cm³/mol. The summed E-state index contributed by atoms with van der Waals surface area (Å²) in [5.41, 5.74) is 2.27. The maximum absolute atomic E-state index is 11.0. The fraction of sp³-hybridized carbons (Fsp3) is 0.714. The van der Waals surface area contributed by atoms with Crippen LogP contribution in [0.4, 0.5) is 0 Å². The summed E-state index contributed by atoms with van der Waals surface area (Å²) in [4.78, 5) is 11.0. The minimum absolute atomic E-state index is 0.359. The number of aryl methyl sites for hydroxylation is 1. The zero-order chi connectivity index (χ0) is 13.1. The van der Waals surface area contributed by atoms with Crippen LogP contribution in [-0.4, -0.2) is 20.9 Å². The molecule has 1 unspecified atom stereocenters. The first-order chi connectivity index (χ1) is 8.58. The minimum Gasteiger partial charge on any atom is -0.481 e. The minimum atomic E-state index is -0.741. The van der Waals surface area contributed by atoms with Crippen LogP contribution < -0.4 is 0 Å². The summed E-state index contributed by atoms with van der Waals surface area (Å²) in [7, 11) is 1.92. The maximum atomic E-state index is 11.0. The van der Waals surface area contributed by atoms with E-state index in [4.69, 9.17) is 5.11 Å². The van der Waals surface area contributed by atoms with Gasteiger partial charge in [0.25, 0.3) is 0 Å². The van der Waals surface area contributed by atoms with Crippen molar-refractivity contribution in [2.45, 2.75) is 51.4 Å². The lowest BCUT2D eigenvalue weighted by molar-refractivity contribution is -0.141. The van der Waals surface area contributed by atoms with Gasteiger partial charge in [-0.2, -0.15) is 5.10 Å². The van der Waals surface area contributed by atoms with E-state index < -0.39 is 5.97 Å². The van der Waals surface area contributed by atoms with Crippen molar-refractivity contribution in [2.24, 2.45) is 13.0 Å². The molecule has 1 aromatic heterocycles. The summed E-state index contributed by atoms with van der Waals surface area (Å²) in [6.07, 6.45) is 8.97. The Morgan fingerprint density at radius 1 is 1.50 bits per heavy atom.